The van der Waals surface area contributed by atoms with Crippen molar-refractivity contribution in [2.75, 3.05) is 5.73 Å². The van der Waals surface area contributed by atoms with Crippen LogP contribution < -0.4 is 11.5 Å². The van der Waals surface area contributed by atoms with E-state index in [-0.39, 0.29) is 5.56 Å². The molecule has 4 rings (SSSR count). The average Bonchev–Trinajstić information content (AvgIpc) is 2.99. The van der Waals surface area contributed by atoms with E-state index in [0.29, 0.717) is 11.2 Å². The first-order valence-electron chi connectivity index (χ1n) is 7.05. The van der Waals surface area contributed by atoms with Crippen LogP contribution in [0.1, 0.15) is 10.4 Å². The number of hydrogen-bond acceptors (Lipinski definition) is 4. The highest BCUT2D eigenvalue weighted by Crippen LogP contribution is 2.27. The van der Waals surface area contributed by atoms with Gasteiger partial charge in [-0.25, -0.2) is 4.52 Å². The molecular formula is C17H13N5O. The first kappa shape index (κ1) is 13.3. The zero-order valence-electron chi connectivity index (χ0n) is 12.1. The molecule has 0 spiro atoms. The van der Waals surface area contributed by atoms with Gasteiger partial charge >= 0.3 is 0 Å². The number of pyridine rings is 1. The van der Waals surface area contributed by atoms with Gasteiger partial charge in [-0.15, -0.1) is 0 Å². The minimum Gasteiger partial charge on any atom is -0.396 e. The predicted molar refractivity (Wildman–Crippen MR) is 88.9 cm³/mol. The second kappa shape index (κ2) is 4.81. The highest BCUT2D eigenvalue weighted by Gasteiger charge is 2.13. The van der Waals surface area contributed by atoms with E-state index in [9.17, 15) is 4.79 Å². The molecule has 0 bridgehead atoms. The molecule has 0 fully saturated rings. The van der Waals surface area contributed by atoms with Gasteiger partial charge in [-0.1, -0.05) is 18.2 Å². The summed E-state index contributed by atoms with van der Waals surface area (Å²) in [6, 6.07) is 11.8. The lowest BCUT2D eigenvalue weighted by Crippen LogP contribution is -2.15. The van der Waals surface area contributed by atoms with Gasteiger partial charge < -0.3 is 11.5 Å². The number of primary amides is 1. The maximum atomic E-state index is 11.4. The fourth-order valence-corrected chi connectivity index (χ4v) is 2.66. The summed E-state index contributed by atoms with van der Waals surface area (Å²) in [4.78, 5) is 15.8. The fourth-order valence-electron chi connectivity index (χ4n) is 2.66. The van der Waals surface area contributed by atoms with Gasteiger partial charge in [0.15, 0.2) is 0 Å². The molecule has 4 aromatic rings. The minimum atomic E-state index is -0.590. The highest BCUT2D eigenvalue weighted by molar-refractivity contribution is 6.01. The van der Waals surface area contributed by atoms with Crippen molar-refractivity contribution in [2.24, 2.45) is 5.73 Å². The Labute approximate surface area is 131 Å². The number of amides is 1. The number of hydrogen-bond donors (Lipinski definition) is 2. The van der Waals surface area contributed by atoms with Gasteiger partial charge in [0, 0.05) is 28.9 Å². The second-order valence-corrected chi connectivity index (χ2v) is 5.31. The number of carbonyl (C=O) groups excluding carboxylic acids is 1. The number of carbonyl (C=O) groups is 1. The number of para-hydroxylation sites is 1. The fraction of sp³-hybridized carbons (Fsp3) is 0. The lowest BCUT2D eigenvalue weighted by Gasteiger charge is -2.02. The molecule has 6 heteroatoms. The molecule has 0 saturated heterocycles. The summed E-state index contributed by atoms with van der Waals surface area (Å²) in [6.45, 7) is 0. The Bertz CT molecular complexity index is 1070. The molecular weight excluding hydrogens is 290 g/mol. The molecule has 4 N–H and O–H groups in total. The summed E-state index contributed by atoms with van der Waals surface area (Å²) in [7, 11) is 0. The number of benzene rings is 1. The largest absolute Gasteiger partial charge is 0.396 e. The van der Waals surface area contributed by atoms with Crippen LogP contribution in [0, 0.1) is 0 Å². The summed E-state index contributed by atoms with van der Waals surface area (Å²) in [5.41, 5.74) is 15.3. The average molecular weight is 303 g/mol. The standard InChI is InChI=1S/C17H13N5O/c18-16-13(17(19)23)8-21-22-9-12(6-15(16)22)11-5-10-3-1-2-4-14(10)20-7-11/h1-9H,18H2,(H2,19,23). The van der Waals surface area contributed by atoms with Crippen LogP contribution in [0.3, 0.4) is 0 Å². The number of aromatic nitrogens is 3. The van der Waals surface area contributed by atoms with Gasteiger partial charge in [0.05, 0.1) is 28.5 Å². The van der Waals surface area contributed by atoms with Crippen molar-refractivity contribution in [1.82, 2.24) is 14.6 Å². The van der Waals surface area contributed by atoms with Crippen LogP contribution in [0.25, 0.3) is 27.5 Å². The van der Waals surface area contributed by atoms with E-state index in [4.69, 9.17) is 11.5 Å². The van der Waals surface area contributed by atoms with E-state index in [0.717, 1.165) is 22.0 Å². The van der Waals surface area contributed by atoms with Crippen LogP contribution in [0.5, 0.6) is 0 Å². The van der Waals surface area contributed by atoms with Crippen LogP contribution in [-0.4, -0.2) is 20.5 Å². The van der Waals surface area contributed by atoms with Crippen molar-refractivity contribution in [1.29, 1.82) is 0 Å². The molecule has 0 aliphatic rings. The molecule has 1 amide bonds. The lowest BCUT2D eigenvalue weighted by molar-refractivity contribution is 0.100. The minimum absolute atomic E-state index is 0.221. The molecule has 3 aromatic heterocycles. The van der Waals surface area contributed by atoms with Crippen LogP contribution >= 0.6 is 0 Å². The number of rotatable bonds is 2. The monoisotopic (exact) mass is 303 g/mol. The zero-order valence-corrected chi connectivity index (χ0v) is 12.1. The molecule has 0 unspecified atom stereocenters. The second-order valence-electron chi connectivity index (χ2n) is 5.31. The smallest absolute Gasteiger partial charge is 0.252 e. The Morgan fingerprint density at radius 1 is 1.09 bits per heavy atom. The van der Waals surface area contributed by atoms with Crippen molar-refractivity contribution in [3.8, 4) is 11.1 Å². The SMILES string of the molecule is NC(=O)c1cnn2cc(-c3cnc4ccccc4c3)cc2c1N. The van der Waals surface area contributed by atoms with Gasteiger partial charge in [-0.05, 0) is 18.2 Å². The normalized spacial score (nSPS) is 11.1. The summed E-state index contributed by atoms with van der Waals surface area (Å²) in [6.07, 6.45) is 5.04. The highest BCUT2D eigenvalue weighted by atomic mass is 16.1. The molecule has 1 aromatic carbocycles. The third kappa shape index (κ3) is 2.08. The number of anilines is 1. The first-order valence-corrected chi connectivity index (χ1v) is 7.05. The van der Waals surface area contributed by atoms with E-state index in [1.807, 2.05) is 42.7 Å². The summed E-state index contributed by atoms with van der Waals surface area (Å²) >= 11 is 0. The maximum Gasteiger partial charge on any atom is 0.252 e. The number of nitrogen functional groups attached to an aromatic ring is 1. The Morgan fingerprint density at radius 3 is 2.74 bits per heavy atom. The molecule has 0 aliphatic carbocycles. The molecule has 0 radical (unpaired) electrons. The predicted octanol–water partition coefficient (Wildman–Crippen LogP) is 2.23. The van der Waals surface area contributed by atoms with Gasteiger partial charge in [-0.2, -0.15) is 5.10 Å². The van der Waals surface area contributed by atoms with Crippen LogP contribution in [0.15, 0.2) is 55.0 Å². The quantitative estimate of drug-likeness (QED) is 0.593. The molecule has 23 heavy (non-hydrogen) atoms. The van der Waals surface area contributed by atoms with Gasteiger partial charge in [0.1, 0.15) is 0 Å². The molecule has 3 heterocycles. The van der Waals surface area contributed by atoms with E-state index < -0.39 is 5.91 Å². The zero-order chi connectivity index (χ0) is 16.0. The van der Waals surface area contributed by atoms with E-state index in [1.54, 1.807) is 4.52 Å². The van der Waals surface area contributed by atoms with E-state index in [2.05, 4.69) is 16.1 Å². The molecule has 6 nitrogen and oxygen atoms in total. The van der Waals surface area contributed by atoms with Gasteiger partial charge in [-0.3, -0.25) is 9.78 Å². The number of nitrogens with zero attached hydrogens (tertiary/aromatic N) is 3. The Hall–Kier alpha value is -3.41. The van der Waals surface area contributed by atoms with Crippen molar-refractivity contribution in [3.05, 3.63) is 60.6 Å². The van der Waals surface area contributed by atoms with Gasteiger partial charge in [0.25, 0.3) is 5.91 Å². The third-order valence-corrected chi connectivity index (χ3v) is 3.87. The third-order valence-electron chi connectivity index (χ3n) is 3.87. The van der Waals surface area contributed by atoms with Crippen LogP contribution in [0.4, 0.5) is 5.69 Å². The molecule has 0 atom stereocenters. The van der Waals surface area contributed by atoms with Crippen LogP contribution in [0.2, 0.25) is 0 Å². The summed E-state index contributed by atoms with van der Waals surface area (Å²) in [5, 5.41) is 5.24. The number of nitrogens with two attached hydrogens (primary N) is 2. The Balaban J connectivity index is 1.90. The Kier molecular flexibility index (Phi) is 2.77. The molecule has 112 valence electrons. The summed E-state index contributed by atoms with van der Waals surface area (Å²) < 4.78 is 1.63. The first-order chi connectivity index (χ1) is 11.1. The molecule has 0 aliphatic heterocycles. The van der Waals surface area contributed by atoms with Gasteiger partial charge in [0.2, 0.25) is 0 Å². The van der Waals surface area contributed by atoms with E-state index in [1.165, 1.54) is 6.20 Å². The lowest BCUT2D eigenvalue weighted by atomic mass is 10.1. The van der Waals surface area contributed by atoms with Crippen molar-refractivity contribution in [2.45, 2.75) is 0 Å². The Morgan fingerprint density at radius 2 is 1.91 bits per heavy atom. The summed E-state index contributed by atoms with van der Waals surface area (Å²) in [5.74, 6) is -0.590. The number of fused-ring (bicyclic) bond motifs is 2. The van der Waals surface area contributed by atoms with Crippen molar-refractivity contribution >= 4 is 28.0 Å². The van der Waals surface area contributed by atoms with Crippen molar-refractivity contribution in [3.63, 3.8) is 0 Å². The van der Waals surface area contributed by atoms with Crippen molar-refractivity contribution < 1.29 is 4.79 Å². The van der Waals surface area contributed by atoms with E-state index >= 15 is 0 Å². The maximum absolute atomic E-state index is 11.4. The van der Waals surface area contributed by atoms with Crippen LogP contribution in [-0.2, 0) is 0 Å². The molecule has 0 saturated carbocycles. The topological polar surface area (TPSA) is 99.3 Å².